The number of carbonyl (C=O) groups excluding carboxylic acids is 2. The molecule has 8 heteroatoms. The number of morpholine rings is 1. The second kappa shape index (κ2) is 7.87. The summed E-state index contributed by atoms with van der Waals surface area (Å²) in [5.74, 6) is 0.426. The molecular weight excluding hydrogens is 372 g/mol. The number of nitrogens with zero attached hydrogens (tertiary/aromatic N) is 3. The first-order valence-electron chi connectivity index (χ1n) is 9.81. The van der Waals surface area contributed by atoms with E-state index < -0.39 is 12.1 Å². The molecule has 2 aromatic rings. The van der Waals surface area contributed by atoms with Crippen molar-refractivity contribution in [2.75, 3.05) is 13.7 Å². The summed E-state index contributed by atoms with van der Waals surface area (Å²) in [7, 11) is 3.47. The summed E-state index contributed by atoms with van der Waals surface area (Å²) < 4.78 is 12.8. The standard InChI is InChI=1S/C21H26N4O4/c1-13-15(11-23-24(13)2)10-22-21(27)20-19(14-4-8-17(28-3)9-5-14)25(16-6-7-16)18(26)12-29-20/h4-5,8-9,11,16,19-20H,6-7,10,12H2,1-3H3,(H,22,27)/t19-,20+/m1/s1. The van der Waals surface area contributed by atoms with E-state index in [0.717, 1.165) is 35.4 Å². The fourth-order valence-electron chi connectivity index (χ4n) is 3.77. The maximum absolute atomic E-state index is 13.1. The van der Waals surface area contributed by atoms with E-state index in [1.54, 1.807) is 18.0 Å². The number of aromatic nitrogens is 2. The molecule has 2 fully saturated rings. The normalized spacial score (nSPS) is 21.9. The molecule has 1 aromatic heterocycles. The summed E-state index contributed by atoms with van der Waals surface area (Å²) in [5, 5.41) is 7.17. The van der Waals surface area contributed by atoms with Crippen molar-refractivity contribution < 1.29 is 19.1 Å². The van der Waals surface area contributed by atoms with E-state index in [4.69, 9.17) is 9.47 Å². The Morgan fingerprint density at radius 3 is 2.62 bits per heavy atom. The average Bonchev–Trinajstić information content (AvgIpc) is 3.52. The van der Waals surface area contributed by atoms with Crippen LogP contribution in [0.2, 0.25) is 0 Å². The van der Waals surface area contributed by atoms with E-state index in [1.807, 2.05) is 43.1 Å². The van der Waals surface area contributed by atoms with Crippen LogP contribution < -0.4 is 10.1 Å². The van der Waals surface area contributed by atoms with Crippen molar-refractivity contribution in [3.05, 3.63) is 47.3 Å². The Kier molecular flexibility index (Phi) is 5.27. The number of aryl methyl sites for hydroxylation is 1. The van der Waals surface area contributed by atoms with E-state index in [1.165, 1.54) is 0 Å². The molecule has 0 spiro atoms. The molecule has 0 bridgehead atoms. The third kappa shape index (κ3) is 3.85. The van der Waals surface area contributed by atoms with Gasteiger partial charge in [0, 0.05) is 30.9 Å². The zero-order valence-corrected chi connectivity index (χ0v) is 16.9. The minimum Gasteiger partial charge on any atom is -0.497 e. The van der Waals surface area contributed by atoms with Crippen molar-refractivity contribution in [1.29, 1.82) is 0 Å². The molecule has 2 aliphatic rings. The first kappa shape index (κ1) is 19.4. The summed E-state index contributed by atoms with van der Waals surface area (Å²) in [6.45, 7) is 2.25. The van der Waals surface area contributed by atoms with Gasteiger partial charge in [-0.2, -0.15) is 5.10 Å². The lowest BCUT2D eigenvalue weighted by Gasteiger charge is -2.40. The van der Waals surface area contributed by atoms with Gasteiger partial charge in [-0.25, -0.2) is 0 Å². The van der Waals surface area contributed by atoms with Crippen LogP contribution in [0.4, 0.5) is 0 Å². The monoisotopic (exact) mass is 398 g/mol. The number of benzene rings is 1. The highest BCUT2D eigenvalue weighted by Gasteiger charge is 2.47. The van der Waals surface area contributed by atoms with Crippen molar-refractivity contribution in [2.24, 2.45) is 7.05 Å². The van der Waals surface area contributed by atoms with Gasteiger partial charge in [0.15, 0.2) is 6.10 Å². The van der Waals surface area contributed by atoms with Crippen LogP contribution in [0, 0.1) is 6.92 Å². The summed E-state index contributed by atoms with van der Waals surface area (Å²) in [5.41, 5.74) is 2.81. The van der Waals surface area contributed by atoms with Crippen LogP contribution in [0.5, 0.6) is 5.75 Å². The Bertz CT molecular complexity index is 904. The minimum absolute atomic E-state index is 0.0690. The van der Waals surface area contributed by atoms with Crippen LogP contribution in [0.1, 0.15) is 35.7 Å². The van der Waals surface area contributed by atoms with Crippen molar-refractivity contribution in [2.45, 2.75) is 44.5 Å². The largest absolute Gasteiger partial charge is 0.497 e. The number of carbonyl (C=O) groups is 2. The Hall–Kier alpha value is -2.87. The summed E-state index contributed by atoms with van der Waals surface area (Å²) >= 11 is 0. The number of hydrogen-bond donors (Lipinski definition) is 1. The van der Waals surface area contributed by atoms with Gasteiger partial charge >= 0.3 is 0 Å². The van der Waals surface area contributed by atoms with Crippen LogP contribution >= 0.6 is 0 Å². The van der Waals surface area contributed by atoms with Gasteiger partial charge in [-0.3, -0.25) is 14.3 Å². The van der Waals surface area contributed by atoms with Crippen molar-refractivity contribution >= 4 is 11.8 Å². The zero-order valence-electron chi connectivity index (χ0n) is 16.9. The smallest absolute Gasteiger partial charge is 0.251 e. The molecular formula is C21H26N4O4. The highest BCUT2D eigenvalue weighted by molar-refractivity contribution is 5.86. The molecule has 4 rings (SSSR count). The quantitative estimate of drug-likeness (QED) is 0.797. The Labute approximate surface area is 169 Å². The fourth-order valence-corrected chi connectivity index (χ4v) is 3.77. The van der Waals surface area contributed by atoms with Crippen molar-refractivity contribution in [3.63, 3.8) is 0 Å². The predicted octanol–water partition coefficient (Wildman–Crippen LogP) is 1.48. The van der Waals surface area contributed by atoms with E-state index in [9.17, 15) is 9.59 Å². The van der Waals surface area contributed by atoms with E-state index >= 15 is 0 Å². The summed E-state index contributed by atoms with van der Waals surface area (Å²) in [6.07, 6.45) is 2.90. The van der Waals surface area contributed by atoms with Gasteiger partial charge in [-0.15, -0.1) is 0 Å². The van der Waals surface area contributed by atoms with Crippen LogP contribution in [0.15, 0.2) is 30.5 Å². The Morgan fingerprint density at radius 2 is 2.03 bits per heavy atom. The first-order chi connectivity index (χ1) is 14.0. The molecule has 1 aliphatic heterocycles. The third-order valence-electron chi connectivity index (χ3n) is 5.71. The van der Waals surface area contributed by atoms with Crippen LogP contribution in [-0.4, -0.2) is 52.4 Å². The van der Waals surface area contributed by atoms with Gasteiger partial charge in [0.25, 0.3) is 5.91 Å². The molecule has 0 radical (unpaired) electrons. The highest BCUT2D eigenvalue weighted by Crippen LogP contribution is 2.39. The van der Waals surface area contributed by atoms with Gasteiger partial charge in [0.2, 0.25) is 5.91 Å². The van der Waals surface area contributed by atoms with Crippen LogP contribution in [0.3, 0.4) is 0 Å². The number of nitrogens with one attached hydrogen (secondary N) is 1. The minimum atomic E-state index is -0.765. The average molecular weight is 398 g/mol. The van der Waals surface area contributed by atoms with Crippen molar-refractivity contribution in [1.82, 2.24) is 20.0 Å². The lowest BCUT2D eigenvalue weighted by Crippen LogP contribution is -2.55. The lowest BCUT2D eigenvalue weighted by atomic mass is 9.96. The molecule has 2 heterocycles. The van der Waals surface area contributed by atoms with E-state index in [2.05, 4.69) is 10.4 Å². The zero-order chi connectivity index (χ0) is 20.5. The molecule has 0 unspecified atom stereocenters. The van der Waals surface area contributed by atoms with Gasteiger partial charge in [-0.1, -0.05) is 12.1 Å². The van der Waals surface area contributed by atoms with Gasteiger partial charge in [0.05, 0.1) is 19.3 Å². The number of hydrogen-bond acceptors (Lipinski definition) is 5. The van der Waals surface area contributed by atoms with Crippen LogP contribution in [-0.2, 0) is 27.9 Å². The fraction of sp³-hybridized carbons (Fsp3) is 0.476. The molecule has 1 N–H and O–H groups in total. The molecule has 29 heavy (non-hydrogen) atoms. The highest BCUT2D eigenvalue weighted by atomic mass is 16.5. The maximum Gasteiger partial charge on any atom is 0.251 e. The number of amides is 2. The van der Waals surface area contributed by atoms with Gasteiger partial charge in [-0.05, 0) is 37.5 Å². The predicted molar refractivity (Wildman–Crippen MR) is 105 cm³/mol. The molecule has 1 saturated carbocycles. The van der Waals surface area contributed by atoms with Crippen molar-refractivity contribution in [3.8, 4) is 5.75 Å². The van der Waals surface area contributed by atoms with Crippen LogP contribution in [0.25, 0.3) is 0 Å². The van der Waals surface area contributed by atoms with E-state index in [0.29, 0.717) is 6.54 Å². The number of rotatable bonds is 6. The first-order valence-corrected chi connectivity index (χ1v) is 9.81. The molecule has 1 aliphatic carbocycles. The molecule has 2 amide bonds. The lowest BCUT2D eigenvalue weighted by molar-refractivity contribution is -0.165. The Morgan fingerprint density at radius 1 is 1.31 bits per heavy atom. The maximum atomic E-state index is 13.1. The summed E-state index contributed by atoms with van der Waals surface area (Å²) in [4.78, 5) is 27.5. The molecule has 154 valence electrons. The second-order valence-electron chi connectivity index (χ2n) is 7.58. The van der Waals surface area contributed by atoms with E-state index in [-0.39, 0.29) is 24.5 Å². The summed E-state index contributed by atoms with van der Waals surface area (Å²) in [6, 6.07) is 7.19. The molecule has 8 nitrogen and oxygen atoms in total. The Balaban J connectivity index is 1.57. The molecule has 2 atom stereocenters. The molecule has 1 aromatic carbocycles. The SMILES string of the molecule is COc1ccc([C@@H]2[C@@H](C(=O)NCc3cnn(C)c3C)OCC(=O)N2C2CC2)cc1. The third-order valence-corrected chi connectivity index (χ3v) is 5.71. The molecule has 1 saturated heterocycles. The van der Waals surface area contributed by atoms with Gasteiger partial charge < -0.3 is 19.7 Å². The van der Waals surface area contributed by atoms with Gasteiger partial charge in [0.1, 0.15) is 12.4 Å². The topological polar surface area (TPSA) is 85.7 Å². The number of ether oxygens (including phenoxy) is 2. The number of methoxy groups -OCH3 is 1. The second-order valence-corrected chi connectivity index (χ2v) is 7.58.